The molecule has 2 rings (SSSR count). The van der Waals surface area contributed by atoms with Gasteiger partial charge in [-0.2, -0.15) is 4.31 Å². The number of nitrogens with zero attached hydrogens (tertiary/aromatic N) is 3. The zero-order chi connectivity index (χ0) is 18.8. The number of hydrogen-bond donors (Lipinski definition) is 0. The lowest BCUT2D eigenvalue weighted by Crippen LogP contribution is -2.50. The van der Waals surface area contributed by atoms with Gasteiger partial charge < -0.3 is 9.47 Å². The van der Waals surface area contributed by atoms with Crippen molar-refractivity contribution in [2.45, 2.75) is 24.8 Å². The van der Waals surface area contributed by atoms with E-state index in [1.54, 1.807) is 0 Å². The molecule has 0 radical (unpaired) electrons. The van der Waals surface area contributed by atoms with Crippen LogP contribution in [-0.4, -0.2) is 69.0 Å². The lowest BCUT2D eigenvalue weighted by Gasteiger charge is -2.36. The Kier molecular flexibility index (Phi) is 5.86. The first-order valence-electron chi connectivity index (χ1n) is 7.87. The SMILES string of the molecule is COc1cc(S(=O)(=O)N2CCN(C(C)C)CC2)c(OC)cc1[N+](=O)[O-]. The molecule has 9 nitrogen and oxygen atoms in total. The van der Waals surface area contributed by atoms with Crippen molar-refractivity contribution in [3.05, 3.63) is 22.2 Å². The monoisotopic (exact) mass is 373 g/mol. The Morgan fingerprint density at radius 1 is 1.08 bits per heavy atom. The summed E-state index contributed by atoms with van der Waals surface area (Å²) in [5.41, 5.74) is -0.345. The number of sulfonamides is 1. The van der Waals surface area contributed by atoms with E-state index in [4.69, 9.17) is 9.47 Å². The Bertz CT molecular complexity index is 742. The second-order valence-electron chi connectivity index (χ2n) is 5.97. The van der Waals surface area contributed by atoms with Gasteiger partial charge in [-0.3, -0.25) is 15.0 Å². The van der Waals surface area contributed by atoms with E-state index in [0.29, 0.717) is 32.2 Å². The molecule has 1 aromatic carbocycles. The van der Waals surface area contributed by atoms with Crippen LogP contribution < -0.4 is 9.47 Å². The van der Waals surface area contributed by atoms with Crippen molar-refractivity contribution in [3.63, 3.8) is 0 Å². The van der Waals surface area contributed by atoms with E-state index in [2.05, 4.69) is 18.7 Å². The topological polar surface area (TPSA) is 102 Å². The standard InChI is InChI=1S/C15H23N3O6S/c1-11(2)16-5-7-17(8-6-16)25(21,22)15-10-13(23-3)12(18(19)20)9-14(15)24-4/h9-11H,5-8H2,1-4H3. The van der Waals surface area contributed by atoms with Gasteiger partial charge in [0.05, 0.1) is 25.2 Å². The molecule has 0 amide bonds. The third-order valence-electron chi connectivity index (χ3n) is 4.28. The highest BCUT2D eigenvalue weighted by Gasteiger charge is 2.33. The maximum atomic E-state index is 13.0. The summed E-state index contributed by atoms with van der Waals surface area (Å²) >= 11 is 0. The highest BCUT2D eigenvalue weighted by molar-refractivity contribution is 7.89. The van der Waals surface area contributed by atoms with Gasteiger partial charge in [0.2, 0.25) is 10.0 Å². The third kappa shape index (κ3) is 3.86. The molecule has 0 unspecified atom stereocenters. The Morgan fingerprint density at radius 3 is 2.08 bits per heavy atom. The van der Waals surface area contributed by atoms with Crippen LogP contribution >= 0.6 is 0 Å². The molecule has 1 fully saturated rings. The smallest absolute Gasteiger partial charge is 0.314 e. The van der Waals surface area contributed by atoms with Crippen molar-refractivity contribution >= 4 is 15.7 Å². The van der Waals surface area contributed by atoms with Gasteiger partial charge in [-0.05, 0) is 13.8 Å². The van der Waals surface area contributed by atoms with Crippen LogP contribution in [0.5, 0.6) is 11.5 Å². The maximum Gasteiger partial charge on any atom is 0.314 e. The molecule has 25 heavy (non-hydrogen) atoms. The molecular weight excluding hydrogens is 350 g/mol. The number of nitro benzene ring substituents is 1. The normalized spacial score (nSPS) is 16.8. The minimum absolute atomic E-state index is 0.0706. The Balaban J connectivity index is 2.41. The molecule has 0 N–H and O–H groups in total. The lowest BCUT2D eigenvalue weighted by atomic mass is 10.3. The van der Waals surface area contributed by atoms with E-state index in [0.717, 1.165) is 12.1 Å². The summed E-state index contributed by atoms with van der Waals surface area (Å²) in [6.07, 6.45) is 0. The van der Waals surface area contributed by atoms with Crippen molar-refractivity contribution < 1.29 is 22.8 Å². The van der Waals surface area contributed by atoms with Gasteiger partial charge in [-0.15, -0.1) is 0 Å². The summed E-state index contributed by atoms with van der Waals surface area (Å²) in [6, 6.07) is 2.58. The van der Waals surface area contributed by atoms with Gasteiger partial charge in [0.15, 0.2) is 5.75 Å². The molecule has 0 saturated carbocycles. The molecule has 0 bridgehead atoms. The van der Waals surface area contributed by atoms with Gasteiger partial charge in [-0.25, -0.2) is 8.42 Å². The fourth-order valence-electron chi connectivity index (χ4n) is 2.80. The predicted molar refractivity (Wildman–Crippen MR) is 91.7 cm³/mol. The van der Waals surface area contributed by atoms with Crippen LogP contribution in [-0.2, 0) is 10.0 Å². The number of methoxy groups -OCH3 is 2. The molecule has 1 saturated heterocycles. The zero-order valence-electron chi connectivity index (χ0n) is 14.8. The first-order chi connectivity index (χ1) is 11.7. The first-order valence-corrected chi connectivity index (χ1v) is 9.31. The van der Waals surface area contributed by atoms with Crippen molar-refractivity contribution in [3.8, 4) is 11.5 Å². The second kappa shape index (κ2) is 7.54. The predicted octanol–water partition coefficient (Wildman–Crippen LogP) is 1.33. The zero-order valence-corrected chi connectivity index (χ0v) is 15.6. The average molecular weight is 373 g/mol. The van der Waals surface area contributed by atoms with Gasteiger partial charge in [0, 0.05) is 38.3 Å². The highest BCUT2D eigenvalue weighted by atomic mass is 32.2. The summed E-state index contributed by atoms with van der Waals surface area (Å²) in [5, 5.41) is 11.1. The van der Waals surface area contributed by atoms with Crippen LogP contribution in [0.1, 0.15) is 13.8 Å². The van der Waals surface area contributed by atoms with Crippen LogP contribution in [0.15, 0.2) is 17.0 Å². The van der Waals surface area contributed by atoms with Gasteiger partial charge in [0.1, 0.15) is 10.6 Å². The van der Waals surface area contributed by atoms with Gasteiger partial charge in [0.25, 0.3) is 0 Å². The number of benzene rings is 1. The van der Waals surface area contributed by atoms with Gasteiger partial charge >= 0.3 is 5.69 Å². The summed E-state index contributed by atoms with van der Waals surface area (Å²) in [5.74, 6) is -0.191. The highest BCUT2D eigenvalue weighted by Crippen LogP contribution is 2.38. The van der Waals surface area contributed by atoms with Crippen LogP contribution in [0.25, 0.3) is 0 Å². The second-order valence-corrected chi connectivity index (χ2v) is 7.87. The fraction of sp³-hybridized carbons (Fsp3) is 0.600. The minimum Gasteiger partial charge on any atom is -0.495 e. The Morgan fingerprint density at radius 2 is 1.64 bits per heavy atom. The Labute approximate surface area is 147 Å². The molecule has 0 spiro atoms. The molecule has 0 aromatic heterocycles. The van der Waals surface area contributed by atoms with Crippen molar-refractivity contribution in [2.75, 3.05) is 40.4 Å². The Hall–Kier alpha value is -1.91. The lowest BCUT2D eigenvalue weighted by molar-refractivity contribution is -0.385. The van der Waals surface area contributed by atoms with E-state index in [1.807, 2.05) is 0 Å². The van der Waals surface area contributed by atoms with E-state index in [-0.39, 0.29) is 22.1 Å². The van der Waals surface area contributed by atoms with E-state index in [1.165, 1.54) is 18.5 Å². The number of nitro groups is 1. The van der Waals surface area contributed by atoms with Crippen molar-refractivity contribution in [1.29, 1.82) is 0 Å². The van der Waals surface area contributed by atoms with Crippen molar-refractivity contribution in [1.82, 2.24) is 9.21 Å². The molecule has 1 aliphatic rings. The molecule has 10 heteroatoms. The van der Waals surface area contributed by atoms with Gasteiger partial charge in [-0.1, -0.05) is 0 Å². The number of piperazine rings is 1. The van der Waals surface area contributed by atoms with Crippen LogP contribution in [0.3, 0.4) is 0 Å². The third-order valence-corrected chi connectivity index (χ3v) is 6.20. The largest absolute Gasteiger partial charge is 0.495 e. The molecule has 1 aromatic rings. The number of rotatable bonds is 6. The first kappa shape index (κ1) is 19.4. The number of ether oxygens (including phenoxy) is 2. The quantitative estimate of drug-likeness (QED) is 0.547. The summed E-state index contributed by atoms with van der Waals surface area (Å²) in [7, 11) is -1.31. The van der Waals surface area contributed by atoms with Crippen LogP contribution in [0, 0.1) is 10.1 Å². The summed E-state index contributed by atoms with van der Waals surface area (Å²) in [6.45, 7) is 6.08. The maximum absolute atomic E-state index is 13.0. The minimum atomic E-state index is -3.85. The summed E-state index contributed by atoms with van der Waals surface area (Å²) < 4.78 is 37.4. The fourth-order valence-corrected chi connectivity index (χ4v) is 4.37. The van der Waals surface area contributed by atoms with E-state index < -0.39 is 14.9 Å². The molecular formula is C15H23N3O6S. The molecule has 0 aliphatic carbocycles. The van der Waals surface area contributed by atoms with E-state index >= 15 is 0 Å². The average Bonchev–Trinajstić information content (AvgIpc) is 2.60. The molecule has 1 heterocycles. The number of hydrogen-bond acceptors (Lipinski definition) is 7. The van der Waals surface area contributed by atoms with Crippen molar-refractivity contribution in [2.24, 2.45) is 0 Å². The molecule has 0 atom stereocenters. The van der Waals surface area contributed by atoms with Crippen LogP contribution in [0.2, 0.25) is 0 Å². The molecule has 1 aliphatic heterocycles. The molecule has 140 valence electrons. The summed E-state index contributed by atoms with van der Waals surface area (Å²) in [4.78, 5) is 12.5. The van der Waals surface area contributed by atoms with Crippen LogP contribution in [0.4, 0.5) is 5.69 Å². The van der Waals surface area contributed by atoms with E-state index in [9.17, 15) is 18.5 Å².